The lowest BCUT2D eigenvalue weighted by Gasteiger charge is -2.40. The van der Waals surface area contributed by atoms with Crippen LogP contribution < -0.4 is 5.73 Å². The van der Waals surface area contributed by atoms with E-state index in [0.717, 1.165) is 19.5 Å². The fourth-order valence-electron chi connectivity index (χ4n) is 2.97. The normalized spacial score (nSPS) is 22.9. The Morgan fingerprint density at radius 3 is 2.72 bits per heavy atom. The van der Waals surface area contributed by atoms with Gasteiger partial charge in [0.15, 0.2) is 0 Å². The molecule has 0 aliphatic carbocycles. The molecule has 100 valence electrons. The molecule has 1 aromatic rings. The van der Waals surface area contributed by atoms with Crippen molar-refractivity contribution >= 4 is 0 Å². The summed E-state index contributed by atoms with van der Waals surface area (Å²) in [6.45, 7) is 4.09. The minimum atomic E-state index is -0.164. The summed E-state index contributed by atoms with van der Waals surface area (Å²) < 4.78 is 13.0. The van der Waals surface area contributed by atoms with Crippen molar-refractivity contribution in [3.8, 4) is 0 Å². The van der Waals surface area contributed by atoms with Crippen molar-refractivity contribution < 1.29 is 4.39 Å². The van der Waals surface area contributed by atoms with E-state index in [1.165, 1.54) is 24.8 Å². The number of benzene rings is 1. The number of rotatable bonds is 4. The van der Waals surface area contributed by atoms with E-state index in [0.29, 0.717) is 12.1 Å². The summed E-state index contributed by atoms with van der Waals surface area (Å²) in [6, 6.07) is 7.83. The molecule has 0 saturated carbocycles. The molecule has 0 aromatic heterocycles. The molecule has 1 aliphatic rings. The highest BCUT2D eigenvalue weighted by Crippen LogP contribution is 2.29. The van der Waals surface area contributed by atoms with Gasteiger partial charge in [-0.25, -0.2) is 4.39 Å². The van der Waals surface area contributed by atoms with Crippen LogP contribution in [0.2, 0.25) is 0 Å². The van der Waals surface area contributed by atoms with E-state index in [2.05, 4.69) is 11.8 Å². The molecule has 0 radical (unpaired) electrons. The van der Waals surface area contributed by atoms with Gasteiger partial charge in [-0.15, -0.1) is 0 Å². The number of hydrogen-bond acceptors (Lipinski definition) is 2. The first-order valence-corrected chi connectivity index (χ1v) is 6.93. The Bertz CT molecular complexity index is 361. The summed E-state index contributed by atoms with van der Waals surface area (Å²) in [6.07, 6.45) is 4.86. The molecule has 18 heavy (non-hydrogen) atoms. The summed E-state index contributed by atoms with van der Waals surface area (Å²) in [4.78, 5) is 2.53. The minimum Gasteiger partial charge on any atom is -0.330 e. The molecule has 2 N–H and O–H groups in total. The van der Waals surface area contributed by atoms with Crippen molar-refractivity contribution in [3.63, 3.8) is 0 Å². The third kappa shape index (κ3) is 3.09. The summed E-state index contributed by atoms with van der Waals surface area (Å²) >= 11 is 0. The van der Waals surface area contributed by atoms with Crippen molar-refractivity contribution in [1.82, 2.24) is 4.90 Å². The third-order valence-electron chi connectivity index (χ3n) is 4.02. The fourth-order valence-corrected chi connectivity index (χ4v) is 2.97. The Hall–Kier alpha value is -0.930. The predicted molar refractivity (Wildman–Crippen MR) is 72.8 cm³/mol. The maximum absolute atomic E-state index is 13.0. The van der Waals surface area contributed by atoms with Gasteiger partial charge in [-0.3, -0.25) is 4.90 Å². The predicted octanol–water partition coefficient (Wildman–Crippen LogP) is 3.09. The molecule has 2 unspecified atom stereocenters. The van der Waals surface area contributed by atoms with E-state index < -0.39 is 0 Å². The van der Waals surface area contributed by atoms with Gasteiger partial charge in [0.1, 0.15) is 5.82 Å². The highest BCUT2D eigenvalue weighted by Gasteiger charge is 2.26. The molecule has 1 heterocycles. The summed E-state index contributed by atoms with van der Waals surface area (Å²) in [5, 5.41) is 0. The van der Waals surface area contributed by atoms with E-state index in [1.54, 1.807) is 12.1 Å². The second kappa shape index (κ2) is 6.30. The Balaban J connectivity index is 2.09. The van der Waals surface area contributed by atoms with E-state index in [1.807, 2.05) is 12.1 Å². The van der Waals surface area contributed by atoms with Gasteiger partial charge in [-0.1, -0.05) is 18.6 Å². The fraction of sp³-hybridized carbons (Fsp3) is 0.600. The zero-order chi connectivity index (χ0) is 13.0. The van der Waals surface area contributed by atoms with Crippen LogP contribution in [0.4, 0.5) is 4.39 Å². The van der Waals surface area contributed by atoms with Crippen LogP contribution in [0, 0.1) is 5.82 Å². The van der Waals surface area contributed by atoms with Crippen LogP contribution in [-0.2, 0) is 0 Å². The van der Waals surface area contributed by atoms with Gasteiger partial charge < -0.3 is 5.73 Å². The molecular formula is C15H23FN2. The summed E-state index contributed by atoms with van der Waals surface area (Å²) in [7, 11) is 0. The lowest BCUT2D eigenvalue weighted by Crippen LogP contribution is -2.42. The molecule has 1 saturated heterocycles. The molecule has 2 rings (SSSR count). The topological polar surface area (TPSA) is 29.3 Å². The number of hydrogen-bond donors (Lipinski definition) is 1. The molecule has 0 bridgehead atoms. The van der Waals surface area contributed by atoms with Crippen molar-refractivity contribution in [3.05, 3.63) is 35.6 Å². The lowest BCUT2D eigenvalue weighted by atomic mass is 9.95. The van der Waals surface area contributed by atoms with E-state index in [9.17, 15) is 4.39 Å². The molecule has 0 amide bonds. The molecule has 1 aliphatic heterocycles. The Morgan fingerprint density at radius 2 is 2.06 bits per heavy atom. The zero-order valence-corrected chi connectivity index (χ0v) is 11.1. The van der Waals surface area contributed by atoms with Crippen LogP contribution >= 0.6 is 0 Å². The van der Waals surface area contributed by atoms with Crippen molar-refractivity contribution in [2.75, 3.05) is 13.1 Å². The van der Waals surface area contributed by atoms with Crippen molar-refractivity contribution in [2.24, 2.45) is 5.73 Å². The molecule has 2 nitrogen and oxygen atoms in total. The van der Waals surface area contributed by atoms with Gasteiger partial charge in [0.2, 0.25) is 0 Å². The van der Waals surface area contributed by atoms with Crippen molar-refractivity contribution in [1.29, 1.82) is 0 Å². The van der Waals surface area contributed by atoms with E-state index in [-0.39, 0.29) is 5.82 Å². The number of piperidine rings is 1. The summed E-state index contributed by atoms with van der Waals surface area (Å²) in [5.41, 5.74) is 6.90. The van der Waals surface area contributed by atoms with E-state index >= 15 is 0 Å². The second-order valence-corrected chi connectivity index (χ2v) is 5.19. The van der Waals surface area contributed by atoms with Gasteiger partial charge in [0.05, 0.1) is 0 Å². The number of halogens is 1. The SMILES string of the molecule is CC(c1ccc(F)cc1)N1CCCCC1CCN. The lowest BCUT2D eigenvalue weighted by molar-refractivity contribution is 0.0984. The van der Waals surface area contributed by atoms with Crippen LogP contribution in [0.1, 0.15) is 44.2 Å². The minimum absolute atomic E-state index is 0.164. The number of nitrogens with two attached hydrogens (primary N) is 1. The van der Waals surface area contributed by atoms with Crippen LogP contribution in [0.3, 0.4) is 0 Å². The average molecular weight is 250 g/mol. The molecular weight excluding hydrogens is 227 g/mol. The zero-order valence-electron chi connectivity index (χ0n) is 11.1. The molecule has 0 spiro atoms. The number of nitrogens with zero attached hydrogens (tertiary/aromatic N) is 1. The van der Waals surface area contributed by atoms with Crippen LogP contribution in [0.25, 0.3) is 0 Å². The largest absolute Gasteiger partial charge is 0.330 e. The second-order valence-electron chi connectivity index (χ2n) is 5.19. The monoisotopic (exact) mass is 250 g/mol. The maximum Gasteiger partial charge on any atom is 0.123 e. The molecule has 1 fully saturated rings. The molecule has 3 heteroatoms. The maximum atomic E-state index is 13.0. The first-order valence-electron chi connectivity index (χ1n) is 6.93. The highest BCUT2D eigenvalue weighted by molar-refractivity contribution is 5.19. The average Bonchev–Trinajstić information content (AvgIpc) is 2.40. The van der Waals surface area contributed by atoms with Gasteiger partial charge >= 0.3 is 0 Å². The molecule has 2 atom stereocenters. The Morgan fingerprint density at radius 1 is 1.33 bits per heavy atom. The molecule has 1 aromatic carbocycles. The first-order chi connectivity index (χ1) is 8.72. The standard InChI is InChI=1S/C15H23FN2/c1-12(13-5-7-14(16)8-6-13)18-11-3-2-4-15(18)9-10-17/h5-8,12,15H,2-4,9-11,17H2,1H3. The van der Waals surface area contributed by atoms with Crippen LogP contribution in [0.5, 0.6) is 0 Å². The third-order valence-corrected chi connectivity index (χ3v) is 4.02. The first kappa shape index (κ1) is 13.5. The van der Waals surface area contributed by atoms with Crippen LogP contribution in [0.15, 0.2) is 24.3 Å². The summed E-state index contributed by atoms with van der Waals surface area (Å²) in [5.74, 6) is -0.164. The van der Waals surface area contributed by atoms with Gasteiger partial charge in [0, 0.05) is 12.1 Å². The van der Waals surface area contributed by atoms with Crippen LogP contribution in [-0.4, -0.2) is 24.0 Å². The van der Waals surface area contributed by atoms with Gasteiger partial charge in [-0.2, -0.15) is 0 Å². The quantitative estimate of drug-likeness (QED) is 0.889. The van der Waals surface area contributed by atoms with Gasteiger partial charge in [-0.05, 0) is 57.0 Å². The van der Waals surface area contributed by atoms with E-state index in [4.69, 9.17) is 5.73 Å². The Labute approximate surface area is 109 Å². The smallest absolute Gasteiger partial charge is 0.123 e. The van der Waals surface area contributed by atoms with Crippen molar-refractivity contribution in [2.45, 2.75) is 44.7 Å². The van der Waals surface area contributed by atoms with Gasteiger partial charge in [0.25, 0.3) is 0 Å². The Kier molecular flexibility index (Phi) is 4.72. The number of likely N-dealkylation sites (tertiary alicyclic amines) is 1. The highest BCUT2D eigenvalue weighted by atomic mass is 19.1.